The molecule has 0 spiro atoms. The third-order valence-electron chi connectivity index (χ3n) is 3.33. The number of benzene rings is 1. The minimum Gasteiger partial charge on any atom is -0.385 e. The molecule has 0 aliphatic rings. The first kappa shape index (κ1) is 15.7. The number of hydrogen-bond donors (Lipinski definition) is 1. The number of likely N-dealkylation sites (N-methyl/N-ethyl adjacent to an activating group) is 1. The van der Waals surface area contributed by atoms with Crippen LogP contribution >= 0.6 is 15.9 Å². The average molecular weight is 314 g/mol. The van der Waals surface area contributed by atoms with Crippen molar-refractivity contribution in [2.45, 2.75) is 32.7 Å². The molecule has 1 aromatic carbocycles. The van der Waals surface area contributed by atoms with E-state index in [1.807, 2.05) is 0 Å². The molecule has 2 unspecified atom stereocenters. The highest BCUT2D eigenvalue weighted by molar-refractivity contribution is 9.10. The van der Waals surface area contributed by atoms with Gasteiger partial charge in [-0.15, -0.1) is 0 Å². The van der Waals surface area contributed by atoms with Crippen molar-refractivity contribution in [2.75, 3.05) is 20.3 Å². The first-order valence-electron chi connectivity index (χ1n) is 6.64. The molecule has 0 heterocycles. The smallest absolute Gasteiger partial charge is 0.0465 e. The van der Waals surface area contributed by atoms with Crippen LogP contribution in [0.15, 0.2) is 28.7 Å². The average Bonchev–Trinajstić information content (AvgIpc) is 2.38. The number of halogens is 1. The van der Waals surface area contributed by atoms with Crippen LogP contribution in [0.5, 0.6) is 0 Å². The largest absolute Gasteiger partial charge is 0.385 e. The number of hydrogen-bond acceptors (Lipinski definition) is 2. The van der Waals surface area contributed by atoms with E-state index in [0.717, 1.165) is 26.0 Å². The van der Waals surface area contributed by atoms with Crippen LogP contribution in [0.25, 0.3) is 0 Å². The normalized spacial score (nSPS) is 14.4. The molecule has 0 saturated carbocycles. The third-order valence-corrected chi connectivity index (χ3v) is 4.10. The molecule has 0 fully saturated rings. The monoisotopic (exact) mass is 313 g/mol. The van der Waals surface area contributed by atoms with Crippen molar-refractivity contribution in [2.24, 2.45) is 5.92 Å². The molecule has 0 aliphatic carbocycles. The van der Waals surface area contributed by atoms with E-state index in [4.69, 9.17) is 4.74 Å². The summed E-state index contributed by atoms with van der Waals surface area (Å²) in [5, 5.41) is 3.59. The minimum atomic E-state index is 0.504. The van der Waals surface area contributed by atoms with Crippen LogP contribution < -0.4 is 5.32 Å². The molecule has 2 nitrogen and oxygen atoms in total. The molecular weight excluding hydrogens is 290 g/mol. The van der Waals surface area contributed by atoms with Crippen molar-refractivity contribution in [3.8, 4) is 0 Å². The molecule has 0 saturated heterocycles. The Morgan fingerprint density at radius 3 is 2.67 bits per heavy atom. The van der Waals surface area contributed by atoms with Gasteiger partial charge in [0.2, 0.25) is 0 Å². The van der Waals surface area contributed by atoms with E-state index in [9.17, 15) is 0 Å². The predicted octanol–water partition coefficient (Wildman–Crippen LogP) is 3.64. The van der Waals surface area contributed by atoms with Gasteiger partial charge in [0.15, 0.2) is 0 Å². The van der Waals surface area contributed by atoms with Crippen LogP contribution in [-0.4, -0.2) is 26.3 Å². The molecule has 0 bridgehead atoms. The summed E-state index contributed by atoms with van der Waals surface area (Å²) < 4.78 is 6.38. The lowest BCUT2D eigenvalue weighted by molar-refractivity contribution is 0.170. The van der Waals surface area contributed by atoms with Crippen LogP contribution in [0.4, 0.5) is 0 Å². The van der Waals surface area contributed by atoms with Gasteiger partial charge in [-0.2, -0.15) is 0 Å². The van der Waals surface area contributed by atoms with Crippen LogP contribution in [0.2, 0.25) is 0 Å². The SMILES string of the molecule is CCNC(Cc1ccccc1Br)C(C)CCOC. The molecule has 1 rings (SSSR count). The van der Waals surface area contributed by atoms with E-state index in [-0.39, 0.29) is 0 Å². The summed E-state index contributed by atoms with van der Waals surface area (Å²) in [4.78, 5) is 0. The van der Waals surface area contributed by atoms with Gasteiger partial charge in [0.1, 0.15) is 0 Å². The fraction of sp³-hybridized carbons (Fsp3) is 0.600. The predicted molar refractivity (Wildman–Crippen MR) is 81.0 cm³/mol. The van der Waals surface area contributed by atoms with E-state index in [1.165, 1.54) is 10.0 Å². The van der Waals surface area contributed by atoms with Gasteiger partial charge < -0.3 is 10.1 Å². The fourth-order valence-corrected chi connectivity index (χ4v) is 2.59. The van der Waals surface area contributed by atoms with E-state index in [1.54, 1.807) is 7.11 Å². The fourth-order valence-electron chi connectivity index (χ4n) is 2.14. The third kappa shape index (κ3) is 5.09. The molecule has 0 amide bonds. The molecule has 1 N–H and O–H groups in total. The van der Waals surface area contributed by atoms with Crippen LogP contribution in [0.1, 0.15) is 25.8 Å². The summed E-state index contributed by atoms with van der Waals surface area (Å²) in [6.07, 6.45) is 2.15. The maximum Gasteiger partial charge on any atom is 0.0465 e. The van der Waals surface area contributed by atoms with Gasteiger partial charge in [0.25, 0.3) is 0 Å². The van der Waals surface area contributed by atoms with Crippen molar-refractivity contribution in [1.29, 1.82) is 0 Å². The van der Waals surface area contributed by atoms with Gasteiger partial charge in [0, 0.05) is 24.2 Å². The molecule has 0 radical (unpaired) electrons. The Hall–Kier alpha value is -0.380. The minimum absolute atomic E-state index is 0.504. The summed E-state index contributed by atoms with van der Waals surface area (Å²) in [7, 11) is 1.77. The molecule has 102 valence electrons. The van der Waals surface area contributed by atoms with Gasteiger partial charge >= 0.3 is 0 Å². The highest BCUT2D eigenvalue weighted by Gasteiger charge is 2.17. The lowest BCUT2D eigenvalue weighted by Crippen LogP contribution is -2.37. The van der Waals surface area contributed by atoms with Gasteiger partial charge in [-0.1, -0.05) is 48.0 Å². The summed E-state index contributed by atoms with van der Waals surface area (Å²) in [6.45, 7) is 6.30. The maximum absolute atomic E-state index is 5.18. The molecule has 2 atom stereocenters. The highest BCUT2D eigenvalue weighted by atomic mass is 79.9. The number of methoxy groups -OCH3 is 1. The Kier molecular flexibility index (Phi) is 7.56. The molecular formula is C15H24BrNO. The Balaban J connectivity index is 2.64. The summed E-state index contributed by atoms with van der Waals surface area (Å²) in [5.41, 5.74) is 1.37. The molecule has 0 aromatic heterocycles. The maximum atomic E-state index is 5.18. The molecule has 1 aromatic rings. The molecule has 3 heteroatoms. The van der Waals surface area contributed by atoms with E-state index in [2.05, 4.69) is 59.4 Å². The zero-order chi connectivity index (χ0) is 13.4. The lowest BCUT2D eigenvalue weighted by atomic mass is 9.92. The Labute approximate surface area is 119 Å². The second-order valence-corrected chi connectivity index (χ2v) is 5.57. The van der Waals surface area contributed by atoms with E-state index >= 15 is 0 Å². The second kappa shape index (κ2) is 8.68. The van der Waals surface area contributed by atoms with Crippen molar-refractivity contribution < 1.29 is 4.74 Å². The van der Waals surface area contributed by atoms with Crippen LogP contribution in [0.3, 0.4) is 0 Å². The van der Waals surface area contributed by atoms with Crippen molar-refractivity contribution in [1.82, 2.24) is 5.32 Å². The van der Waals surface area contributed by atoms with Gasteiger partial charge in [-0.3, -0.25) is 0 Å². The van der Waals surface area contributed by atoms with E-state index in [0.29, 0.717) is 12.0 Å². The first-order valence-corrected chi connectivity index (χ1v) is 7.44. The van der Waals surface area contributed by atoms with Crippen LogP contribution in [0, 0.1) is 5.92 Å². The number of nitrogens with one attached hydrogen (secondary N) is 1. The van der Waals surface area contributed by atoms with Gasteiger partial charge in [-0.05, 0) is 36.9 Å². The van der Waals surface area contributed by atoms with Crippen molar-refractivity contribution >= 4 is 15.9 Å². The second-order valence-electron chi connectivity index (χ2n) is 4.72. The lowest BCUT2D eigenvalue weighted by Gasteiger charge is -2.25. The van der Waals surface area contributed by atoms with Crippen molar-refractivity contribution in [3.05, 3.63) is 34.3 Å². The molecule has 18 heavy (non-hydrogen) atoms. The Morgan fingerprint density at radius 1 is 1.33 bits per heavy atom. The Bertz CT molecular complexity index is 343. The van der Waals surface area contributed by atoms with Crippen molar-refractivity contribution in [3.63, 3.8) is 0 Å². The number of rotatable bonds is 8. The van der Waals surface area contributed by atoms with Crippen LogP contribution in [-0.2, 0) is 11.2 Å². The standard InChI is InChI=1S/C15H24BrNO/c1-4-17-15(12(2)9-10-18-3)11-13-7-5-6-8-14(13)16/h5-8,12,15,17H,4,9-11H2,1-3H3. The zero-order valence-electron chi connectivity index (χ0n) is 11.6. The number of ether oxygens (including phenoxy) is 1. The Morgan fingerprint density at radius 2 is 2.06 bits per heavy atom. The first-order chi connectivity index (χ1) is 8.69. The summed E-state index contributed by atoms with van der Waals surface area (Å²) in [6, 6.07) is 8.96. The van der Waals surface area contributed by atoms with Gasteiger partial charge in [0.05, 0.1) is 0 Å². The highest BCUT2D eigenvalue weighted by Crippen LogP contribution is 2.21. The molecule has 0 aliphatic heterocycles. The zero-order valence-corrected chi connectivity index (χ0v) is 13.2. The summed E-state index contributed by atoms with van der Waals surface area (Å²) in [5.74, 6) is 0.608. The van der Waals surface area contributed by atoms with E-state index < -0.39 is 0 Å². The van der Waals surface area contributed by atoms with Gasteiger partial charge in [-0.25, -0.2) is 0 Å². The quantitative estimate of drug-likeness (QED) is 0.791. The summed E-state index contributed by atoms with van der Waals surface area (Å²) >= 11 is 3.63. The topological polar surface area (TPSA) is 21.3 Å².